The van der Waals surface area contributed by atoms with E-state index in [2.05, 4.69) is 10.4 Å². The van der Waals surface area contributed by atoms with Gasteiger partial charge in [0, 0.05) is 38.4 Å². The van der Waals surface area contributed by atoms with Gasteiger partial charge in [-0.05, 0) is 12.5 Å². The van der Waals surface area contributed by atoms with E-state index < -0.39 is 0 Å². The van der Waals surface area contributed by atoms with E-state index in [-0.39, 0.29) is 17.7 Å². The molecule has 0 spiro atoms. The highest BCUT2D eigenvalue weighted by Gasteiger charge is 2.36. The molecule has 3 rings (SSSR count). The SMILES string of the molecule is O=C1CCC(C(=O)N2CC(n3cccn3)C2)CN1. The van der Waals surface area contributed by atoms with Gasteiger partial charge in [0.25, 0.3) is 0 Å². The van der Waals surface area contributed by atoms with Crippen molar-refractivity contribution in [1.29, 1.82) is 0 Å². The lowest BCUT2D eigenvalue weighted by Crippen LogP contribution is -2.55. The highest BCUT2D eigenvalue weighted by molar-refractivity contribution is 5.84. The third kappa shape index (κ3) is 1.98. The number of hydrogen-bond acceptors (Lipinski definition) is 3. The third-order valence-electron chi connectivity index (χ3n) is 3.69. The van der Waals surface area contributed by atoms with Gasteiger partial charge < -0.3 is 10.2 Å². The second-order valence-corrected chi connectivity index (χ2v) is 4.92. The molecule has 6 nitrogen and oxygen atoms in total. The fourth-order valence-electron chi connectivity index (χ4n) is 2.50. The van der Waals surface area contributed by atoms with Crippen LogP contribution in [0.2, 0.25) is 0 Å². The maximum Gasteiger partial charge on any atom is 0.227 e. The maximum atomic E-state index is 12.1. The average Bonchev–Trinajstić information content (AvgIpc) is 2.81. The average molecular weight is 248 g/mol. The van der Waals surface area contributed by atoms with Crippen molar-refractivity contribution in [3.63, 3.8) is 0 Å². The number of carbonyl (C=O) groups excluding carboxylic acids is 2. The molecule has 0 bridgehead atoms. The van der Waals surface area contributed by atoms with Crippen molar-refractivity contribution in [3.8, 4) is 0 Å². The van der Waals surface area contributed by atoms with Gasteiger partial charge in [-0.1, -0.05) is 0 Å². The summed E-state index contributed by atoms with van der Waals surface area (Å²) in [6.07, 6.45) is 4.81. The summed E-state index contributed by atoms with van der Waals surface area (Å²) in [5.74, 6) is 0.178. The van der Waals surface area contributed by atoms with Crippen LogP contribution in [0.1, 0.15) is 18.9 Å². The van der Waals surface area contributed by atoms with Gasteiger partial charge in [-0.15, -0.1) is 0 Å². The zero-order valence-corrected chi connectivity index (χ0v) is 10.1. The Morgan fingerprint density at radius 3 is 2.89 bits per heavy atom. The van der Waals surface area contributed by atoms with E-state index in [1.807, 2.05) is 21.8 Å². The summed E-state index contributed by atoms with van der Waals surface area (Å²) in [5.41, 5.74) is 0. The topological polar surface area (TPSA) is 67.2 Å². The van der Waals surface area contributed by atoms with E-state index in [9.17, 15) is 9.59 Å². The summed E-state index contributed by atoms with van der Waals surface area (Å²) in [6.45, 7) is 1.94. The summed E-state index contributed by atoms with van der Waals surface area (Å²) < 4.78 is 1.90. The molecule has 0 radical (unpaired) electrons. The molecule has 2 saturated heterocycles. The second kappa shape index (κ2) is 4.44. The van der Waals surface area contributed by atoms with Crippen LogP contribution in [0.5, 0.6) is 0 Å². The Balaban J connectivity index is 1.52. The molecule has 96 valence electrons. The first-order valence-corrected chi connectivity index (χ1v) is 6.28. The monoisotopic (exact) mass is 248 g/mol. The third-order valence-corrected chi connectivity index (χ3v) is 3.69. The first kappa shape index (κ1) is 11.3. The molecule has 2 aliphatic heterocycles. The lowest BCUT2D eigenvalue weighted by atomic mass is 9.95. The zero-order chi connectivity index (χ0) is 12.5. The smallest absolute Gasteiger partial charge is 0.227 e. The number of aromatic nitrogens is 2. The molecular formula is C12H16N4O2. The summed E-state index contributed by atoms with van der Waals surface area (Å²) >= 11 is 0. The Hall–Kier alpha value is -1.85. The van der Waals surface area contributed by atoms with Gasteiger partial charge in [-0.25, -0.2) is 0 Å². The molecule has 0 saturated carbocycles. The molecular weight excluding hydrogens is 232 g/mol. The van der Waals surface area contributed by atoms with E-state index in [1.54, 1.807) is 6.20 Å². The van der Waals surface area contributed by atoms with Gasteiger partial charge in [-0.3, -0.25) is 14.3 Å². The van der Waals surface area contributed by atoms with Crippen LogP contribution in [0.3, 0.4) is 0 Å². The molecule has 3 heterocycles. The van der Waals surface area contributed by atoms with Crippen molar-refractivity contribution in [2.24, 2.45) is 5.92 Å². The predicted octanol–water partition coefficient (Wildman–Crippen LogP) is -0.207. The number of likely N-dealkylation sites (tertiary alicyclic amines) is 1. The molecule has 1 N–H and O–H groups in total. The van der Waals surface area contributed by atoms with Gasteiger partial charge >= 0.3 is 0 Å². The summed E-state index contributed by atoms with van der Waals surface area (Å²) in [6, 6.07) is 2.20. The minimum Gasteiger partial charge on any atom is -0.355 e. The van der Waals surface area contributed by atoms with Crippen LogP contribution in [0.25, 0.3) is 0 Å². The minimum atomic E-state index is -0.0405. The number of nitrogens with zero attached hydrogens (tertiary/aromatic N) is 3. The normalized spacial score (nSPS) is 24.6. The number of rotatable bonds is 2. The van der Waals surface area contributed by atoms with Gasteiger partial charge in [-0.2, -0.15) is 5.10 Å². The zero-order valence-electron chi connectivity index (χ0n) is 10.1. The number of piperidine rings is 1. The van der Waals surface area contributed by atoms with E-state index in [0.717, 1.165) is 13.1 Å². The van der Waals surface area contributed by atoms with E-state index in [0.29, 0.717) is 25.4 Å². The standard InChI is InChI=1S/C12H16N4O2/c17-11-3-2-9(6-13-11)12(18)15-7-10(8-15)16-5-1-4-14-16/h1,4-5,9-10H,2-3,6-8H2,(H,13,17). The quantitative estimate of drug-likeness (QED) is 0.787. The van der Waals surface area contributed by atoms with E-state index >= 15 is 0 Å². The van der Waals surface area contributed by atoms with Crippen molar-refractivity contribution in [3.05, 3.63) is 18.5 Å². The number of hydrogen-bond donors (Lipinski definition) is 1. The van der Waals surface area contributed by atoms with E-state index in [4.69, 9.17) is 0 Å². The summed E-state index contributed by atoms with van der Waals surface area (Å²) in [7, 11) is 0. The molecule has 1 atom stereocenters. The maximum absolute atomic E-state index is 12.1. The molecule has 6 heteroatoms. The van der Waals surface area contributed by atoms with Gasteiger partial charge in [0.2, 0.25) is 11.8 Å². The Kier molecular flexibility index (Phi) is 2.77. The van der Waals surface area contributed by atoms with Crippen LogP contribution < -0.4 is 5.32 Å². The van der Waals surface area contributed by atoms with Gasteiger partial charge in [0.15, 0.2) is 0 Å². The highest BCUT2D eigenvalue weighted by Crippen LogP contribution is 2.24. The summed E-state index contributed by atoms with van der Waals surface area (Å²) in [4.78, 5) is 25.0. The Bertz CT molecular complexity index is 441. The van der Waals surface area contributed by atoms with Gasteiger partial charge in [0.1, 0.15) is 0 Å². The number of amides is 2. The first-order chi connectivity index (χ1) is 8.74. The molecule has 0 aromatic carbocycles. The molecule has 2 aliphatic rings. The predicted molar refractivity (Wildman–Crippen MR) is 63.6 cm³/mol. The molecule has 1 unspecified atom stereocenters. The molecule has 1 aromatic rings. The molecule has 1 aromatic heterocycles. The minimum absolute atomic E-state index is 0.0405. The van der Waals surface area contributed by atoms with E-state index in [1.165, 1.54) is 0 Å². The fraction of sp³-hybridized carbons (Fsp3) is 0.583. The Morgan fingerprint density at radius 1 is 1.44 bits per heavy atom. The number of nitrogens with one attached hydrogen (secondary N) is 1. The second-order valence-electron chi connectivity index (χ2n) is 4.92. The van der Waals surface area contributed by atoms with Crippen LogP contribution in [0.15, 0.2) is 18.5 Å². The highest BCUT2D eigenvalue weighted by atomic mass is 16.2. The lowest BCUT2D eigenvalue weighted by Gasteiger charge is -2.41. The molecule has 2 fully saturated rings. The Labute approximate surface area is 105 Å². The van der Waals surface area contributed by atoms with Crippen molar-refractivity contribution < 1.29 is 9.59 Å². The molecule has 2 amide bonds. The van der Waals surface area contributed by atoms with Crippen LogP contribution in [-0.2, 0) is 9.59 Å². The lowest BCUT2D eigenvalue weighted by molar-refractivity contribution is -0.143. The van der Waals surface area contributed by atoms with Crippen molar-refractivity contribution in [1.82, 2.24) is 20.0 Å². The van der Waals surface area contributed by atoms with Crippen LogP contribution in [-0.4, -0.2) is 46.1 Å². The summed E-state index contributed by atoms with van der Waals surface area (Å²) in [5, 5.41) is 6.93. The van der Waals surface area contributed by atoms with Crippen molar-refractivity contribution in [2.45, 2.75) is 18.9 Å². The van der Waals surface area contributed by atoms with Crippen molar-refractivity contribution >= 4 is 11.8 Å². The van der Waals surface area contributed by atoms with Gasteiger partial charge in [0.05, 0.1) is 12.0 Å². The van der Waals surface area contributed by atoms with Crippen LogP contribution in [0, 0.1) is 5.92 Å². The number of carbonyl (C=O) groups is 2. The fourth-order valence-corrected chi connectivity index (χ4v) is 2.50. The molecule has 18 heavy (non-hydrogen) atoms. The first-order valence-electron chi connectivity index (χ1n) is 6.28. The van der Waals surface area contributed by atoms with Crippen molar-refractivity contribution in [2.75, 3.05) is 19.6 Å². The Morgan fingerprint density at radius 2 is 2.28 bits per heavy atom. The largest absolute Gasteiger partial charge is 0.355 e. The van der Waals surface area contributed by atoms with Crippen LogP contribution >= 0.6 is 0 Å². The molecule has 0 aliphatic carbocycles. The van der Waals surface area contributed by atoms with Crippen LogP contribution in [0.4, 0.5) is 0 Å².